The maximum Gasteiger partial charge on any atom is 0.219 e. The lowest BCUT2D eigenvalue weighted by Crippen LogP contribution is -2.38. The Kier molecular flexibility index (Phi) is 8.05. The molecule has 0 amide bonds. The maximum atomic E-state index is 13.2. The lowest BCUT2D eigenvalue weighted by atomic mass is 10.3. The standard InChI is InChI=1S/C23H25FN4O3/c1-25-23(26-12-13-30-20-9-7-19(29-2)8-10-20)28-16-17-6-11-22(27-15-17)31-21-5-3-4-18(24)14-21/h3-11,14-15H,12-13,16H2,1-2H3,(H2,25,26,28). The van der Waals surface area contributed by atoms with Crippen molar-refractivity contribution >= 4 is 5.96 Å². The predicted molar refractivity (Wildman–Crippen MR) is 117 cm³/mol. The minimum absolute atomic E-state index is 0.355. The highest BCUT2D eigenvalue weighted by atomic mass is 19.1. The van der Waals surface area contributed by atoms with Crippen LogP contribution in [-0.4, -0.2) is 38.3 Å². The SMILES string of the molecule is CN=C(NCCOc1ccc(OC)cc1)NCc1ccc(Oc2cccc(F)c2)nc1. The number of benzene rings is 2. The molecule has 3 aromatic rings. The summed E-state index contributed by atoms with van der Waals surface area (Å²) in [5, 5.41) is 6.40. The summed E-state index contributed by atoms with van der Waals surface area (Å²) in [4.78, 5) is 8.45. The Hall–Kier alpha value is -3.81. The lowest BCUT2D eigenvalue weighted by Gasteiger charge is -2.13. The summed E-state index contributed by atoms with van der Waals surface area (Å²) in [5.41, 5.74) is 0.948. The maximum absolute atomic E-state index is 13.2. The third kappa shape index (κ3) is 7.18. The number of ether oxygens (including phenoxy) is 3. The number of halogens is 1. The van der Waals surface area contributed by atoms with Crippen LogP contribution in [0.4, 0.5) is 4.39 Å². The van der Waals surface area contributed by atoms with Crippen molar-refractivity contribution < 1.29 is 18.6 Å². The smallest absolute Gasteiger partial charge is 0.219 e. The molecule has 0 spiro atoms. The molecule has 0 unspecified atom stereocenters. The molecule has 2 aromatic carbocycles. The summed E-state index contributed by atoms with van der Waals surface area (Å²) in [6.45, 7) is 1.61. The third-order valence-electron chi connectivity index (χ3n) is 4.22. The number of pyridine rings is 1. The number of aliphatic imine (C=N–C) groups is 1. The summed E-state index contributed by atoms with van der Waals surface area (Å²) in [6.07, 6.45) is 1.70. The first-order valence-electron chi connectivity index (χ1n) is 9.76. The van der Waals surface area contributed by atoms with Crippen molar-refractivity contribution in [3.05, 3.63) is 78.2 Å². The second kappa shape index (κ2) is 11.4. The molecule has 1 heterocycles. The van der Waals surface area contributed by atoms with Gasteiger partial charge in [-0.2, -0.15) is 0 Å². The van der Waals surface area contributed by atoms with E-state index in [0.717, 1.165) is 17.1 Å². The molecular formula is C23H25FN4O3. The minimum Gasteiger partial charge on any atom is -0.497 e. The van der Waals surface area contributed by atoms with Gasteiger partial charge in [-0.25, -0.2) is 9.37 Å². The van der Waals surface area contributed by atoms with Gasteiger partial charge in [0.05, 0.1) is 13.7 Å². The summed E-state index contributed by atoms with van der Waals surface area (Å²) >= 11 is 0. The van der Waals surface area contributed by atoms with Crippen molar-refractivity contribution in [2.24, 2.45) is 4.99 Å². The van der Waals surface area contributed by atoms with Gasteiger partial charge >= 0.3 is 0 Å². The highest BCUT2D eigenvalue weighted by molar-refractivity contribution is 5.79. The van der Waals surface area contributed by atoms with Crippen molar-refractivity contribution in [1.29, 1.82) is 0 Å². The predicted octanol–water partition coefficient (Wildman–Crippen LogP) is 3.77. The Morgan fingerprint density at radius 3 is 2.48 bits per heavy atom. The van der Waals surface area contributed by atoms with Crippen molar-refractivity contribution in [3.8, 4) is 23.1 Å². The normalized spacial score (nSPS) is 11.0. The number of rotatable bonds is 9. The van der Waals surface area contributed by atoms with Crippen LogP contribution >= 0.6 is 0 Å². The lowest BCUT2D eigenvalue weighted by molar-refractivity contribution is 0.321. The number of nitrogens with one attached hydrogen (secondary N) is 2. The second-order valence-electron chi connectivity index (χ2n) is 6.44. The second-order valence-corrected chi connectivity index (χ2v) is 6.44. The van der Waals surface area contributed by atoms with Gasteiger partial charge in [0.2, 0.25) is 5.88 Å². The molecule has 2 N–H and O–H groups in total. The fraction of sp³-hybridized carbons (Fsp3) is 0.217. The van der Waals surface area contributed by atoms with Gasteiger partial charge in [-0.05, 0) is 42.0 Å². The van der Waals surface area contributed by atoms with Crippen LogP contribution in [-0.2, 0) is 6.54 Å². The average Bonchev–Trinajstić information content (AvgIpc) is 2.80. The molecule has 31 heavy (non-hydrogen) atoms. The largest absolute Gasteiger partial charge is 0.497 e. The van der Waals surface area contributed by atoms with Crippen molar-refractivity contribution in [2.45, 2.75) is 6.54 Å². The van der Waals surface area contributed by atoms with Crippen LogP contribution in [0.2, 0.25) is 0 Å². The number of hydrogen-bond acceptors (Lipinski definition) is 5. The van der Waals surface area contributed by atoms with Crippen LogP contribution in [0.5, 0.6) is 23.1 Å². The molecule has 0 fully saturated rings. The zero-order chi connectivity index (χ0) is 21.9. The van der Waals surface area contributed by atoms with E-state index < -0.39 is 0 Å². The van der Waals surface area contributed by atoms with E-state index in [0.29, 0.717) is 37.3 Å². The van der Waals surface area contributed by atoms with E-state index in [4.69, 9.17) is 14.2 Å². The highest BCUT2D eigenvalue weighted by Gasteiger charge is 2.03. The summed E-state index contributed by atoms with van der Waals surface area (Å²) in [6, 6.07) is 17.0. The van der Waals surface area contributed by atoms with Gasteiger partial charge in [0.1, 0.15) is 29.7 Å². The fourth-order valence-corrected chi connectivity index (χ4v) is 2.64. The van der Waals surface area contributed by atoms with Gasteiger partial charge < -0.3 is 24.8 Å². The van der Waals surface area contributed by atoms with Gasteiger partial charge in [0.25, 0.3) is 0 Å². The van der Waals surface area contributed by atoms with Crippen molar-refractivity contribution in [3.63, 3.8) is 0 Å². The fourth-order valence-electron chi connectivity index (χ4n) is 2.64. The van der Waals surface area contributed by atoms with E-state index in [1.807, 2.05) is 30.3 Å². The van der Waals surface area contributed by atoms with Crippen molar-refractivity contribution in [2.75, 3.05) is 27.3 Å². The molecule has 0 aliphatic rings. The summed E-state index contributed by atoms with van der Waals surface area (Å²) < 4.78 is 29.6. The molecule has 7 nitrogen and oxygen atoms in total. The monoisotopic (exact) mass is 424 g/mol. The molecule has 0 aliphatic carbocycles. The molecule has 0 saturated carbocycles. The Morgan fingerprint density at radius 1 is 1.00 bits per heavy atom. The van der Waals surface area contributed by atoms with Crippen LogP contribution in [0.15, 0.2) is 71.9 Å². The first kappa shape index (κ1) is 21.9. The van der Waals surface area contributed by atoms with Crippen molar-refractivity contribution in [1.82, 2.24) is 15.6 Å². The Morgan fingerprint density at radius 2 is 1.81 bits per heavy atom. The van der Waals surface area contributed by atoms with E-state index in [9.17, 15) is 4.39 Å². The van der Waals surface area contributed by atoms with Gasteiger partial charge in [0, 0.05) is 31.9 Å². The molecule has 162 valence electrons. The molecule has 0 radical (unpaired) electrons. The number of hydrogen-bond donors (Lipinski definition) is 2. The van der Waals surface area contributed by atoms with Gasteiger partial charge in [-0.3, -0.25) is 4.99 Å². The molecule has 1 aromatic heterocycles. The molecule has 0 bridgehead atoms. The Bertz CT molecular complexity index is 979. The van der Waals surface area contributed by atoms with E-state index >= 15 is 0 Å². The number of aromatic nitrogens is 1. The van der Waals surface area contributed by atoms with E-state index in [1.165, 1.54) is 12.1 Å². The zero-order valence-corrected chi connectivity index (χ0v) is 17.5. The van der Waals surface area contributed by atoms with Crippen LogP contribution < -0.4 is 24.8 Å². The van der Waals surface area contributed by atoms with Crippen LogP contribution in [0.25, 0.3) is 0 Å². The minimum atomic E-state index is -0.355. The Balaban J connectivity index is 1.39. The average molecular weight is 424 g/mol. The first-order chi connectivity index (χ1) is 15.2. The summed E-state index contributed by atoms with van der Waals surface area (Å²) in [5.74, 6) is 2.66. The van der Waals surface area contributed by atoms with Crippen LogP contribution in [0, 0.1) is 5.82 Å². The third-order valence-corrected chi connectivity index (χ3v) is 4.22. The topological polar surface area (TPSA) is 77.0 Å². The zero-order valence-electron chi connectivity index (χ0n) is 17.5. The van der Waals surface area contributed by atoms with Gasteiger partial charge in [-0.1, -0.05) is 12.1 Å². The highest BCUT2D eigenvalue weighted by Crippen LogP contribution is 2.20. The molecule has 8 heteroatoms. The van der Waals surface area contributed by atoms with Gasteiger partial charge in [-0.15, -0.1) is 0 Å². The quantitative estimate of drug-likeness (QED) is 0.309. The van der Waals surface area contributed by atoms with Gasteiger partial charge in [0.15, 0.2) is 5.96 Å². The first-order valence-corrected chi connectivity index (χ1v) is 9.76. The van der Waals surface area contributed by atoms with E-state index in [1.54, 1.807) is 38.6 Å². The number of guanidine groups is 1. The van der Waals surface area contributed by atoms with Crippen LogP contribution in [0.1, 0.15) is 5.56 Å². The van der Waals surface area contributed by atoms with Crippen LogP contribution in [0.3, 0.4) is 0 Å². The molecule has 3 rings (SSSR count). The van der Waals surface area contributed by atoms with E-state index in [-0.39, 0.29) is 5.82 Å². The molecule has 0 atom stereocenters. The summed E-state index contributed by atoms with van der Waals surface area (Å²) in [7, 11) is 3.33. The number of nitrogens with zero attached hydrogens (tertiary/aromatic N) is 2. The molecule has 0 saturated heterocycles. The molecular weight excluding hydrogens is 399 g/mol. The van der Waals surface area contributed by atoms with E-state index in [2.05, 4.69) is 20.6 Å². The molecule has 0 aliphatic heterocycles. The Labute approximate surface area is 180 Å². The number of methoxy groups -OCH3 is 1.